The summed E-state index contributed by atoms with van der Waals surface area (Å²) in [6, 6.07) is 16.5. The number of hydrogen-bond acceptors (Lipinski definition) is 3. The highest BCUT2D eigenvalue weighted by Crippen LogP contribution is 2.34. The van der Waals surface area contributed by atoms with Crippen LogP contribution in [-0.4, -0.2) is 10.2 Å². The number of phenols is 2. The van der Waals surface area contributed by atoms with E-state index in [2.05, 4.69) is 11.4 Å². The van der Waals surface area contributed by atoms with Crippen molar-refractivity contribution < 1.29 is 10.2 Å². The SMILES string of the molecule is Oc1ccc(-c2cc(-c3cccc(O)c3)cs2)cc1. The molecule has 3 heteroatoms. The zero-order chi connectivity index (χ0) is 13.2. The molecule has 2 aromatic carbocycles. The summed E-state index contributed by atoms with van der Waals surface area (Å²) >= 11 is 1.65. The standard InChI is InChI=1S/C16H12O2S/c17-14-6-4-11(5-7-14)16-9-13(10-19-16)12-2-1-3-15(18)8-12/h1-10,17-18H. The zero-order valence-corrected chi connectivity index (χ0v) is 10.9. The molecule has 2 N–H and O–H groups in total. The molecule has 3 rings (SSSR count). The van der Waals surface area contributed by atoms with Crippen molar-refractivity contribution in [1.29, 1.82) is 0 Å². The van der Waals surface area contributed by atoms with Gasteiger partial charge in [0.15, 0.2) is 0 Å². The largest absolute Gasteiger partial charge is 0.508 e. The molecule has 0 aliphatic rings. The van der Waals surface area contributed by atoms with Crippen LogP contribution in [0.5, 0.6) is 11.5 Å². The second-order valence-electron chi connectivity index (χ2n) is 4.30. The maximum atomic E-state index is 9.50. The van der Waals surface area contributed by atoms with Gasteiger partial charge in [-0.2, -0.15) is 0 Å². The van der Waals surface area contributed by atoms with E-state index in [9.17, 15) is 10.2 Å². The monoisotopic (exact) mass is 268 g/mol. The minimum atomic E-state index is 0.272. The fraction of sp³-hybridized carbons (Fsp3) is 0. The fourth-order valence-electron chi connectivity index (χ4n) is 1.95. The van der Waals surface area contributed by atoms with Crippen LogP contribution in [0.15, 0.2) is 60.0 Å². The lowest BCUT2D eigenvalue weighted by atomic mass is 10.1. The van der Waals surface area contributed by atoms with E-state index < -0.39 is 0 Å². The minimum Gasteiger partial charge on any atom is -0.508 e. The Labute approximate surface area is 115 Å². The molecule has 1 heterocycles. The smallest absolute Gasteiger partial charge is 0.116 e. The highest BCUT2D eigenvalue weighted by atomic mass is 32.1. The molecule has 0 atom stereocenters. The van der Waals surface area contributed by atoms with E-state index >= 15 is 0 Å². The highest BCUT2D eigenvalue weighted by molar-refractivity contribution is 7.14. The molecule has 1 aromatic heterocycles. The lowest BCUT2D eigenvalue weighted by Gasteiger charge is -1.99. The molecule has 0 spiro atoms. The molecule has 0 amide bonds. The summed E-state index contributed by atoms with van der Waals surface area (Å²) < 4.78 is 0. The van der Waals surface area contributed by atoms with E-state index in [1.165, 1.54) is 0 Å². The van der Waals surface area contributed by atoms with Gasteiger partial charge in [-0.1, -0.05) is 12.1 Å². The first-order chi connectivity index (χ1) is 9.22. The lowest BCUT2D eigenvalue weighted by Crippen LogP contribution is -1.73. The van der Waals surface area contributed by atoms with Gasteiger partial charge in [0.05, 0.1) is 0 Å². The van der Waals surface area contributed by atoms with Crippen molar-refractivity contribution in [2.45, 2.75) is 0 Å². The summed E-state index contributed by atoms with van der Waals surface area (Å²) in [5, 5.41) is 20.9. The van der Waals surface area contributed by atoms with E-state index in [4.69, 9.17) is 0 Å². The van der Waals surface area contributed by atoms with E-state index in [1.54, 1.807) is 35.6 Å². The number of benzene rings is 2. The van der Waals surface area contributed by atoms with Crippen LogP contribution in [0.25, 0.3) is 21.6 Å². The van der Waals surface area contributed by atoms with Gasteiger partial charge in [-0.05, 0) is 64.5 Å². The Kier molecular flexibility index (Phi) is 2.97. The number of phenolic OH excluding ortho intramolecular Hbond substituents is 2. The van der Waals surface area contributed by atoms with Crippen molar-refractivity contribution in [3.8, 4) is 33.1 Å². The molecule has 0 saturated carbocycles. The predicted molar refractivity (Wildman–Crippen MR) is 78.5 cm³/mol. The predicted octanol–water partition coefficient (Wildman–Crippen LogP) is 4.49. The average molecular weight is 268 g/mol. The molecular formula is C16H12O2S. The maximum absolute atomic E-state index is 9.50. The van der Waals surface area contributed by atoms with Crippen LogP contribution in [-0.2, 0) is 0 Å². The van der Waals surface area contributed by atoms with Gasteiger partial charge in [0.2, 0.25) is 0 Å². The Bertz CT molecular complexity index is 699. The molecule has 0 aliphatic heterocycles. The van der Waals surface area contributed by atoms with Crippen LogP contribution < -0.4 is 0 Å². The molecule has 0 aliphatic carbocycles. The zero-order valence-electron chi connectivity index (χ0n) is 10.1. The molecule has 0 fully saturated rings. The van der Waals surface area contributed by atoms with E-state index in [1.807, 2.05) is 24.3 Å². The minimum absolute atomic E-state index is 0.272. The normalized spacial score (nSPS) is 10.5. The van der Waals surface area contributed by atoms with Crippen molar-refractivity contribution in [2.75, 3.05) is 0 Å². The van der Waals surface area contributed by atoms with Gasteiger partial charge < -0.3 is 10.2 Å². The number of rotatable bonds is 2. The summed E-state index contributed by atoms with van der Waals surface area (Å²) in [6.45, 7) is 0. The fourth-order valence-corrected chi connectivity index (χ4v) is 2.88. The maximum Gasteiger partial charge on any atom is 0.116 e. The quantitative estimate of drug-likeness (QED) is 0.718. The Morgan fingerprint density at radius 3 is 2.21 bits per heavy atom. The number of thiophene rings is 1. The van der Waals surface area contributed by atoms with Crippen LogP contribution in [0.2, 0.25) is 0 Å². The van der Waals surface area contributed by atoms with Crippen molar-refractivity contribution in [1.82, 2.24) is 0 Å². The molecule has 0 saturated heterocycles. The third-order valence-corrected chi connectivity index (χ3v) is 3.91. The van der Waals surface area contributed by atoms with Crippen LogP contribution in [0.4, 0.5) is 0 Å². The number of aromatic hydroxyl groups is 2. The van der Waals surface area contributed by atoms with Crippen LogP contribution in [0, 0.1) is 0 Å². The highest BCUT2D eigenvalue weighted by Gasteiger charge is 2.05. The second-order valence-corrected chi connectivity index (χ2v) is 5.21. The van der Waals surface area contributed by atoms with Gasteiger partial charge in [0.1, 0.15) is 11.5 Å². The molecule has 2 nitrogen and oxygen atoms in total. The van der Waals surface area contributed by atoms with Crippen molar-refractivity contribution >= 4 is 11.3 Å². The van der Waals surface area contributed by atoms with Crippen molar-refractivity contribution in [3.63, 3.8) is 0 Å². The molecule has 94 valence electrons. The first kappa shape index (κ1) is 11.8. The van der Waals surface area contributed by atoms with Crippen LogP contribution in [0.1, 0.15) is 0 Å². The van der Waals surface area contributed by atoms with Gasteiger partial charge in [-0.3, -0.25) is 0 Å². The second kappa shape index (κ2) is 4.78. The van der Waals surface area contributed by atoms with Gasteiger partial charge in [-0.15, -0.1) is 11.3 Å². The summed E-state index contributed by atoms with van der Waals surface area (Å²) in [6.07, 6.45) is 0. The van der Waals surface area contributed by atoms with Gasteiger partial charge in [0.25, 0.3) is 0 Å². The van der Waals surface area contributed by atoms with Gasteiger partial charge >= 0.3 is 0 Å². The Morgan fingerprint density at radius 1 is 0.684 bits per heavy atom. The first-order valence-corrected chi connectivity index (χ1v) is 6.78. The number of hydrogen-bond donors (Lipinski definition) is 2. The summed E-state index contributed by atoms with van der Waals surface area (Å²) in [4.78, 5) is 1.14. The van der Waals surface area contributed by atoms with Crippen molar-refractivity contribution in [2.24, 2.45) is 0 Å². The third kappa shape index (κ3) is 2.46. The molecule has 0 bridgehead atoms. The Hall–Kier alpha value is -2.26. The Morgan fingerprint density at radius 2 is 1.47 bits per heavy atom. The third-order valence-electron chi connectivity index (χ3n) is 2.93. The average Bonchev–Trinajstić information content (AvgIpc) is 2.89. The molecular weight excluding hydrogens is 256 g/mol. The Balaban J connectivity index is 1.97. The van der Waals surface area contributed by atoms with E-state index in [0.717, 1.165) is 21.6 Å². The van der Waals surface area contributed by atoms with E-state index in [-0.39, 0.29) is 11.5 Å². The molecule has 0 radical (unpaired) electrons. The van der Waals surface area contributed by atoms with Gasteiger partial charge in [-0.25, -0.2) is 0 Å². The molecule has 3 aromatic rings. The molecule has 19 heavy (non-hydrogen) atoms. The first-order valence-electron chi connectivity index (χ1n) is 5.90. The van der Waals surface area contributed by atoms with Crippen LogP contribution in [0.3, 0.4) is 0 Å². The topological polar surface area (TPSA) is 40.5 Å². The van der Waals surface area contributed by atoms with Crippen LogP contribution >= 0.6 is 11.3 Å². The van der Waals surface area contributed by atoms with Gasteiger partial charge in [0, 0.05) is 4.88 Å². The van der Waals surface area contributed by atoms with E-state index in [0.29, 0.717) is 0 Å². The lowest BCUT2D eigenvalue weighted by molar-refractivity contribution is 0.475. The summed E-state index contributed by atoms with van der Waals surface area (Å²) in [5.74, 6) is 0.545. The molecule has 0 unspecified atom stereocenters. The van der Waals surface area contributed by atoms with Crippen molar-refractivity contribution in [3.05, 3.63) is 60.0 Å². The summed E-state index contributed by atoms with van der Waals surface area (Å²) in [7, 11) is 0. The summed E-state index contributed by atoms with van der Waals surface area (Å²) in [5.41, 5.74) is 3.17.